The molecule has 0 aliphatic carbocycles. The molecule has 3 aromatic rings. The van der Waals surface area contributed by atoms with Crippen molar-refractivity contribution in [3.8, 4) is 0 Å². The molecular weight excluding hydrogens is 337 g/mol. The van der Waals surface area contributed by atoms with Gasteiger partial charge in [-0.25, -0.2) is 4.39 Å². The minimum Gasteiger partial charge on any atom is -0.459 e. The maximum absolute atomic E-state index is 13.3. The van der Waals surface area contributed by atoms with Crippen LogP contribution < -0.4 is 0 Å². The number of thioether (sulfide) groups is 1. The summed E-state index contributed by atoms with van der Waals surface area (Å²) < 4.78 is 18.7. The summed E-state index contributed by atoms with van der Waals surface area (Å²) in [5.74, 6) is 0.464. The Morgan fingerprint density at radius 1 is 1.12 bits per heavy atom. The van der Waals surface area contributed by atoms with Gasteiger partial charge in [0.1, 0.15) is 5.82 Å². The van der Waals surface area contributed by atoms with E-state index in [2.05, 4.69) is 0 Å². The second-order valence-corrected chi connectivity index (χ2v) is 6.72. The molecule has 3 nitrogen and oxygen atoms in total. The van der Waals surface area contributed by atoms with Gasteiger partial charge in [-0.2, -0.15) is 0 Å². The van der Waals surface area contributed by atoms with Crippen molar-refractivity contribution in [2.45, 2.75) is 17.2 Å². The molecular formula is C20H18FNO2S. The number of carbonyl (C=O) groups is 1. The first-order chi connectivity index (χ1) is 12.1. The van der Waals surface area contributed by atoms with Gasteiger partial charge in [0.05, 0.1) is 6.26 Å². The van der Waals surface area contributed by atoms with E-state index in [0.717, 1.165) is 16.0 Å². The lowest BCUT2D eigenvalue weighted by Gasteiger charge is -2.16. The summed E-state index contributed by atoms with van der Waals surface area (Å²) in [6.45, 7) is 0.322. The molecule has 0 fully saturated rings. The monoisotopic (exact) mass is 355 g/mol. The van der Waals surface area contributed by atoms with Crippen LogP contribution in [0.1, 0.15) is 21.7 Å². The number of furan rings is 1. The fourth-order valence-corrected chi connectivity index (χ4v) is 3.37. The van der Waals surface area contributed by atoms with E-state index >= 15 is 0 Å². The number of carbonyl (C=O) groups excluding carboxylic acids is 1. The highest BCUT2D eigenvalue weighted by atomic mass is 32.2. The second-order valence-electron chi connectivity index (χ2n) is 5.67. The number of hydrogen-bond donors (Lipinski definition) is 0. The fraction of sp³-hybridized carbons (Fsp3) is 0.150. The zero-order valence-electron chi connectivity index (χ0n) is 13.8. The lowest BCUT2D eigenvalue weighted by Crippen LogP contribution is -2.26. The Kier molecular flexibility index (Phi) is 5.56. The molecule has 0 atom stereocenters. The number of amides is 1. The summed E-state index contributed by atoms with van der Waals surface area (Å²) in [6, 6.07) is 18.1. The first kappa shape index (κ1) is 17.3. The third-order valence-electron chi connectivity index (χ3n) is 3.73. The molecule has 0 saturated carbocycles. The molecule has 0 bridgehead atoms. The molecule has 0 saturated heterocycles. The van der Waals surface area contributed by atoms with Gasteiger partial charge < -0.3 is 9.32 Å². The van der Waals surface area contributed by atoms with E-state index in [1.54, 1.807) is 30.9 Å². The van der Waals surface area contributed by atoms with Gasteiger partial charge in [-0.15, -0.1) is 11.8 Å². The average molecular weight is 355 g/mol. The van der Waals surface area contributed by atoms with Gasteiger partial charge in [0.15, 0.2) is 5.76 Å². The van der Waals surface area contributed by atoms with E-state index < -0.39 is 0 Å². The topological polar surface area (TPSA) is 33.5 Å². The molecule has 0 aliphatic heterocycles. The molecule has 5 heteroatoms. The van der Waals surface area contributed by atoms with Crippen LogP contribution in [-0.2, 0) is 12.3 Å². The quantitative estimate of drug-likeness (QED) is 0.585. The number of halogens is 1. The predicted molar refractivity (Wildman–Crippen MR) is 96.9 cm³/mol. The lowest BCUT2D eigenvalue weighted by atomic mass is 10.2. The maximum atomic E-state index is 13.3. The van der Waals surface area contributed by atoms with Crippen molar-refractivity contribution >= 4 is 17.7 Å². The van der Waals surface area contributed by atoms with Crippen LogP contribution in [0.25, 0.3) is 0 Å². The van der Waals surface area contributed by atoms with E-state index in [4.69, 9.17) is 4.42 Å². The molecule has 0 aliphatic rings. The molecule has 0 spiro atoms. The predicted octanol–water partition coefficient (Wildman–Crippen LogP) is 4.98. The van der Waals surface area contributed by atoms with Crippen molar-refractivity contribution in [2.75, 3.05) is 7.05 Å². The van der Waals surface area contributed by atoms with Crippen LogP contribution in [0.2, 0.25) is 0 Å². The highest BCUT2D eigenvalue weighted by molar-refractivity contribution is 7.98. The summed E-state index contributed by atoms with van der Waals surface area (Å²) in [7, 11) is 1.68. The largest absolute Gasteiger partial charge is 0.459 e. The Hall–Kier alpha value is -2.53. The standard InChI is InChI=1S/C20H18FNO2S/c1-22(13-15-6-5-7-17(21)12-15)20(23)19-16(10-11-24-19)14-25-18-8-3-2-4-9-18/h2-12H,13-14H2,1H3. The number of nitrogens with zero attached hydrogens (tertiary/aromatic N) is 1. The summed E-state index contributed by atoms with van der Waals surface area (Å²) >= 11 is 1.65. The zero-order valence-corrected chi connectivity index (χ0v) is 14.6. The van der Waals surface area contributed by atoms with E-state index in [1.165, 1.54) is 23.3 Å². The van der Waals surface area contributed by atoms with Crippen LogP contribution in [0.4, 0.5) is 4.39 Å². The molecule has 1 heterocycles. The van der Waals surface area contributed by atoms with Crippen LogP contribution >= 0.6 is 11.8 Å². The third kappa shape index (κ3) is 4.51. The molecule has 3 rings (SSSR count). The highest BCUT2D eigenvalue weighted by Crippen LogP contribution is 2.25. The maximum Gasteiger partial charge on any atom is 0.289 e. The molecule has 2 aromatic carbocycles. The normalized spacial score (nSPS) is 10.6. The van der Waals surface area contributed by atoms with Crippen molar-refractivity contribution in [3.05, 3.63) is 89.6 Å². The van der Waals surface area contributed by atoms with E-state index in [-0.39, 0.29) is 11.7 Å². The lowest BCUT2D eigenvalue weighted by molar-refractivity contribution is 0.0752. The van der Waals surface area contributed by atoms with Crippen LogP contribution in [0, 0.1) is 5.82 Å². The third-order valence-corrected chi connectivity index (χ3v) is 4.79. The Balaban J connectivity index is 1.67. The van der Waals surface area contributed by atoms with Crippen molar-refractivity contribution < 1.29 is 13.6 Å². The second kappa shape index (κ2) is 8.03. The minimum atomic E-state index is -0.309. The minimum absolute atomic E-state index is 0.210. The van der Waals surface area contributed by atoms with Crippen molar-refractivity contribution in [3.63, 3.8) is 0 Å². The van der Waals surface area contributed by atoms with Gasteiger partial charge >= 0.3 is 0 Å². The van der Waals surface area contributed by atoms with Gasteiger partial charge in [-0.05, 0) is 35.9 Å². The van der Waals surface area contributed by atoms with Crippen LogP contribution in [0.5, 0.6) is 0 Å². The smallest absolute Gasteiger partial charge is 0.289 e. The number of rotatable bonds is 6. The van der Waals surface area contributed by atoms with Crippen LogP contribution in [0.3, 0.4) is 0 Å². The zero-order chi connectivity index (χ0) is 17.6. The van der Waals surface area contributed by atoms with Gasteiger partial charge in [-0.1, -0.05) is 30.3 Å². The molecule has 0 radical (unpaired) electrons. The first-order valence-electron chi connectivity index (χ1n) is 7.87. The van der Waals surface area contributed by atoms with Crippen molar-refractivity contribution in [1.29, 1.82) is 0 Å². The van der Waals surface area contributed by atoms with E-state index in [1.807, 2.05) is 36.4 Å². The van der Waals surface area contributed by atoms with Crippen LogP contribution in [-0.4, -0.2) is 17.9 Å². The Labute approximate surface area is 150 Å². The SMILES string of the molecule is CN(Cc1cccc(F)c1)C(=O)c1occc1CSc1ccccc1. The van der Waals surface area contributed by atoms with Gasteiger partial charge in [0, 0.05) is 29.8 Å². The first-order valence-corrected chi connectivity index (χ1v) is 8.86. The summed E-state index contributed by atoms with van der Waals surface area (Å²) in [6.07, 6.45) is 1.53. The number of benzene rings is 2. The van der Waals surface area contributed by atoms with Crippen molar-refractivity contribution in [1.82, 2.24) is 4.90 Å². The molecule has 0 unspecified atom stereocenters. The number of hydrogen-bond acceptors (Lipinski definition) is 3. The molecule has 1 aromatic heterocycles. The van der Waals surface area contributed by atoms with E-state index in [0.29, 0.717) is 18.1 Å². The Morgan fingerprint density at radius 3 is 2.68 bits per heavy atom. The summed E-state index contributed by atoms with van der Waals surface area (Å²) in [5.41, 5.74) is 1.59. The van der Waals surface area contributed by atoms with E-state index in [9.17, 15) is 9.18 Å². The Bertz CT molecular complexity index is 848. The average Bonchev–Trinajstić information content (AvgIpc) is 3.08. The molecule has 0 N–H and O–H groups in total. The molecule has 128 valence electrons. The van der Waals surface area contributed by atoms with Crippen LogP contribution in [0.15, 0.2) is 76.2 Å². The fourth-order valence-electron chi connectivity index (χ4n) is 2.47. The summed E-state index contributed by atoms with van der Waals surface area (Å²) in [4.78, 5) is 15.3. The van der Waals surface area contributed by atoms with Gasteiger partial charge in [0.25, 0.3) is 5.91 Å². The van der Waals surface area contributed by atoms with Crippen molar-refractivity contribution in [2.24, 2.45) is 0 Å². The van der Waals surface area contributed by atoms with Gasteiger partial charge in [-0.3, -0.25) is 4.79 Å². The van der Waals surface area contributed by atoms with Gasteiger partial charge in [0.2, 0.25) is 0 Å². The highest BCUT2D eigenvalue weighted by Gasteiger charge is 2.19. The Morgan fingerprint density at radius 2 is 1.92 bits per heavy atom. The molecule has 25 heavy (non-hydrogen) atoms. The molecule has 1 amide bonds. The summed E-state index contributed by atoms with van der Waals surface area (Å²) in [5, 5.41) is 0.